The van der Waals surface area contributed by atoms with E-state index in [1.54, 1.807) is 0 Å². The number of hydrogen-bond acceptors (Lipinski definition) is 3. The Kier molecular flexibility index (Phi) is 2.44. The second kappa shape index (κ2) is 4.16. The number of benzene rings is 1. The standard InChI is InChI=1S/C17H19ClN2O/c18-12-6-14-15(7-13(12)19)21-17(20-14)16-10-2-8-1-9(4-10)5-11(16)3-8/h6-11,16H,1-5,19H2. The molecule has 0 unspecified atom stereocenters. The second-order valence-electron chi connectivity index (χ2n) is 7.35. The Morgan fingerprint density at radius 1 is 1.05 bits per heavy atom. The lowest BCUT2D eigenvalue weighted by atomic mass is 9.52. The number of nitrogens with zero attached hydrogens (tertiary/aromatic N) is 1. The van der Waals surface area contributed by atoms with Crippen molar-refractivity contribution in [2.24, 2.45) is 23.7 Å². The van der Waals surface area contributed by atoms with E-state index in [1.807, 2.05) is 12.1 Å². The molecule has 4 aliphatic carbocycles. The van der Waals surface area contributed by atoms with Crippen molar-refractivity contribution in [2.75, 3.05) is 5.73 Å². The van der Waals surface area contributed by atoms with Crippen molar-refractivity contribution in [3.8, 4) is 0 Å². The smallest absolute Gasteiger partial charge is 0.199 e. The molecule has 4 aliphatic rings. The Morgan fingerprint density at radius 3 is 2.38 bits per heavy atom. The van der Waals surface area contributed by atoms with Crippen LogP contribution in [0.15, 0.2) is 16.5 Å². The molecular weight excluding hydrogens is 284 g/mol. The van der Waals surface area contributed by atoms with E-state index in [2.05, 4.69) is 0 Å². The van der Waals surface area contributed by atoms with Crippen LogP contribution in [0.3, 0.4) is 0 Å². The summed E-state index contributed by atoms with van der Waals surface area (Å²) in [6.45, 7) is 0. The monoisotopic (exact) mass is 302 g/mol. The number of aromatic nitrogens is 1. The molecule has 21 heavy (non-hydrogen) atoms. The van der Waals surface area contributed by atoms with Gasteiger partial charge in [0.2, 0.25) is 0 Å². The van der Waals surface area contributed by atoms with Crippen LogP contribution in [0.1, 0.15) is 43.9 Å². The number of fused-ring (bicyclic) bond motifs is 1. The number of anilines is 1. The van der Waals surface area contributed by atoms with E-state index in [1.165, 1.54) is 32.1 Å². The van der Waals surface area contributed by atoms with Gasteiger partial charge in [-0.15, -0.1) is 0 Å². The molecule has 4 bridgehead atoms. The first-order valence-electron chi connectivity index (χ1n) is 8.03. The van der Waals surface area contributed by atoms with Gasteiger partial charge in [0, 0.05) is 12.0 Å². The van der Waals surface area contributed by atoms with Crippen LogP contribution in [-0.4, -0.2) is 4.98 Å². The zero-order valence-corrected chi connectivity index (χ0v) is 12.6. The van der Waals surface area contributed by atoms with E-state index in [9.17, 15) is 0 Å². The highest BCUT2D eigenvalue weighted by molar-refractivity contribution is 6.33. The van der Waals surface area contributed by atoms with Gasteiger partial charge in [0.1, 0.15) is 5.52 Å². The Hall–Kier alpha value is -1.22. The quantitative estimate of drug-likeness (QED) is 0.783. The van der Waals surface area contributed by atoms with Crippen LogP contribution < -0.4 is 5.73 Å². The van der Waals surface area contributed by atoms with E-state index in [4.69, 9.17) is 26.7 Å². The SMILES string of the molecule is Nc1cc2oc(C3C4CC5CC(C4)CC3C5)nc2cc1Cl. The van der Waals surface area contributed by atoms with Crippen molar-refractivity contribution < 1.29 is 4.42 Å². The minimum absolute atomic E-state index is 0.519. The van der Waals surface area contributed by atoms with Crippen LogP contribution in [0, 0.1) is 23.7 Å². The van der Waals surface area contributed by atoms with E-state index in [-0.39, 0.29) is 0 Å². The summed E-state index contributed by atoms with van der Waals surface area (Å²) in [6.07, 6.45) is 6.97. The molecular formula is C17H19ClN2O. The minimum atomic E-state index is 0.519. The van der Waals surface area contributed by atoms with Gasteiger partial charge in [-0.25, -0.2) is 4.98 Å². The van der Waals surface area contributed by atoms with E-state index >= 15 is 0 Å². The molecule has 4 fully saturated rings. The maximum absolute atomic E-state index is 6.10. The lowest BCUT2D eigenvalue weighted by Gasteiger charge is -2.53. The molecule has 110 valence electrons. The number of rotatable bonds is 1. The summed E-state index contributed by atoms with van der Waals surface area (Å²) in [6, 6.07) is 3.64. The lowest BCUT2D eigenvalue weighted by molar-refractivity contribution is -0.0109. The van der Waals surface area contributed by atoms with Crippen LogP contribution in [0.25, 0.3) is 11.1 Å². The van der Waals surface area contributed by atoms with Gasteiger partial charge in [-0.3, -0.25) is 0 Å². The fraction of sp³-hybridized carbons (Fsp3) is 0.588. The van der Waals surface area contributed by atoms with Crippen molar-refractivity contribution in [3.63, 3.8) is 0 Å². The predicted molar refractivity (Wildman–Crippen MR) is 83.2 cm³/mol. The van der Waals surface area contributed by atoms with Gasteiger partial charge in [0.25, 0.3) is 0 Å². The van der Waals surface area contributed by atoms with Crippen LogP contribution in [0.5, 0.6) is 0 Å². The molecule has 0 radical (unpaired) electrons. The number of halogens is 1. The summed E-state index contributed by atoms with van der Waals surface area (Å²) in [5.41, 5.74) is 8.06. The summed E-state index contributed by atoms with van der Waals surface area (Å²) in [7, 11) is 0. The third kappa shape index (κ3) is 1.76. The van der Waals surface area contributed by atoms with E-state index < -0.39 is 0 Å². The van der Waals surface area contributed by atoms with Crippen molar-refractivity contribution in [2.45, 2.75) is 38.0 Å². The average molecular weight is 303 g/mol. The summed E-state index contributed by atoms with van der Waals surface area (Å²) >= 11 is 6.10. The Bertz CT molecular complexity index is 656. The fourth-order valence-electron chi connectivity index (χ4n) is 5.45. The first-order chi connectivity index (χ1) is 10.2. The second-order valence-corrected chi connectivity index (χ2v) is 7.76. The predicted octanol–water partition coefficient (Wildman–Crippen LogP) is 4.60. The molecule has 0 aliphatic heterocycles. The Morgan fingerprint density at radius 2 is 1.71 bits per heavy atom. The van der Waals surface area contributed by atoms with Gasteiger partial charge in [-0.1, -0.05) is 11.6 Å². The molecule has 2 N–H and O–H groups in total. The van der Waals surface area contributed by atoms with E-state index in [0.717, 1.165) is 40.7 Å². The van der Waals surface area contributed by atoms with Gasteiger partial charge in [-0.05, 0) is 61.8 Å². The van der Waals surface area contributed by atoms with Gasteiger partial charge >= 0.3 is 0 Å². The third-order valence-electron chi connectivity index (χ3n) is 6.04. The molecule has 1 aromatic heterocycles. The maximum atomic E-state index is 6.10. The van der Waals surface area contributed by atoms with E-state index in [0.29, 0.717) is 16.6 Å². The number of nitrogen functional groups attached to an aromatic ring is 1. The van der Waals surface area contributed by atoms with Gasteiger partial charge in [0.15, 0.2) is 11.5 Å². The first-order valence-corrected chi connectivity index (χ1v) is 8.40. The molecule has 2 aromatic rings. The highest BCUT2D eigenvalue weighted by Crippen LogP contribution is 2.59. The molecule has 0 saturated heterocycles. The van der Waals surface area contributed by atoms with Gasteiger partial charge < -0.3 is 10.2 Å². The maximum Gasteiger partial charge on any atom is 0.199 e. The molecule has 1 aromatic carbocycles. The van der Waals surface area contributed by atoms with Crippen LogP contribution in [-0.2, 0) is 0 Å². The average Bonchev–Trinajstić information content (AvgIpc) is 2.80. The summed E-state index contributed by atoms with van der Waals surface area (Å²) in [4.78, 5) is 4.75. The molecule has 0 spiro atoms. The third-order valence-corrected chi connectivity index (χ3v) is 6.36. The molecule has 1 heterocycles. The normalized spacial score (nSPS) is 37.5. The van der Waals surface area contributed by atoms with Crippen molar-refractivity contribution in [1.29, 1.82) is 0 Å². The molecule has 3 nitrogen and oxygen atoms in total. The molecule has 0 amide bonds. The molecule has 4 heteroatoms. The van der Waals surface area contributed by atoms with Gasteiger partial charge in [0.05, 0.1) is 10.7 Å². The summed E-state index contributed by atoms with van der Waals surface area (Å²) in [5.74, 6) is 4.95. The summed E-state index contributed by atoms with van der Waals surface area (Å²) < 4.78 is 6.08. The zero-order valence-electron chi connectivity index (χ0n) is 11.9. The molecule has 4 saturated carbocycles. The number of hydrogen-bond donors (Lipinski definition) is 1. The molecule has 0 atom stereocenters. The van der Waals surface area contributed by atoms with Crippen molar-refractivity contribution in [3.05, 3.63) is 23.0 Å². The van der Waals surface area contributed by atoms with Crippen LogP contribution in [0.4, 0.5) is 5.69 Å². The van der Waals surface area contributed by atoms with Gasteiger partial charge in [-0.2, -0.15) is 0 Å². The molecule has 6 rings (SSSR count). The minimum Gasteiger partial charge on any atom is -0.440 e. The Balaban J connectivity index is 1.58. The zero-order chi connectivity index (χ0) is 14.1. The van der Waals surface area contributed by atoms with Crippen LogP contribution in [0.2, 0.25) is 5.02 Å². The Labute approximate surface area is 128 Å². The highest BCUT2D eigenvalue weighted by Gasteiger charge is 2.50. The first kappa shape index (κ1) is 12.3. The topological polar surface area (TPSA) is 52.0 Å². The number of oxazole rings is 1. The van der Waals surface area contributed by atoms with Crippen LogP contribution >= 0.6 is 11.6 Å². The largest absolute Gasteiger partial charge is 0.440 e. The van der Waals surface area contributed by atoms with Crippen molar-refractivity contribution >= 4 is 28.4 Å². The lowest BCUT2D eigenvalue weighted by Crippen LogP contribution is -2.43. The van der Waals surface area contributed by atoms with Crippen molar-refractivity contribution in [1.82, 2.24) is 4.98 Å². The summed E-state index contributed by atoms with van der Waals surface area (Å²) in [5, 5.41) is 0.562. The number of nitrogens with two attached hydrogens (primary N) is 1. The fourth-order valence-corrected chi connectivity index (χ4v) is 5.61. The highest BCUT2D eigenvalue weighted by atomic mass is 35.5.